The van der Waals surface area contributed by atoms with Gasteiger partial charge in [0, 0.05) is 44.5 Å². The highest BCUT2D eigenvalue weighted by molar-refractivity contribution is 5.96. The maximum Gasteiger partial charge on any atom is 0.254 e. The van der Waals surface area contributed by atoms with E-state index in [1.165, 1.54) is 11.3 Å². The molecule has 0 bridgehead atoms. The summed E-state index contributed by atoms with van der Waals surface area (Å²) in [6, 6.07) is 11.3. The van der Waals surface area contributed by atoms with E-state index < -0.39 is 17.5 Å². The molecule has 8 heteroatoms. The van der Waals surface area contributed by atoms with Crippen molar-refractivity contribution < 1.29 is 18.4 Å². The molecule has 0 radical (unpaired) electrons. The molecule has 172 valence electrons. The highest BCUT2D eigenvalue weighted by Crippen LogP contribution is 2.18. The lowest BCUT2D eigenvalue weighted by molar-refractivity contribution is -0.120. The van der Waals surface area contributed by atoms with E-state index in [0.29, 0.717) is 12.6 Å². The second kappa shape index (κ2) is 11.6. The van der Waals surface area contributed by atoms with Gasteiger partial charge in [0.1, 0.15) is 11.6 Å². The van der Waals surface area contributed by atoms with Crippen LogP contribution in [-0.2, 0) is 4.79 Å². The predicted octanol–water partition coefficient (Wildman–Crippen LogP) is 2.72. The number of nitrogens with one attached hydrogen (secondary N) is 2. The summed E-state index contributed by atoms with van der Waals surface area (Å²) >= 11 is 0. The minimum atomic E-state index is -0.956. The molecule has 2 aromatic rings. The molecule has 0 spiro atoms. The summed E-state index contributed by atoms with van der Waals surface area (Å²) < 4.78 is 26.5. The molecule has 1 fully saturated rings. The van der Waals surface area contributed by atoms with E-state index in [-0.39, 0.29) is 18.0 Å². The van der Waals surface area contributed by atoms with Crippen molar-refractivity contribution in [1.82, 2.24) is 15.5 Å². The number of halogens is 2. The van der Waals surface area contributed by atoms with Gasteiger partial charge in [0.05, 0.1) is 12.1 Å². The molecule has 3 rings (SSSR count). The SMILES string of the molecule is Cc1cccc(N2CCN(CCCCNC(=O)CNC(=O)c3ccc(F)cc3F)CC2)c1. The van der Waals surface area contributed by atoms with Crippen LogP contribution in [0.3, 0.4) is 0 Å². The minimum Gasteiger partial charge on any atom is -0.369 e. The van der Waals surface area contributed by atoms with Gasteiger partial charge in [-0.2, -0.15) is 0 Å². The van der Waals surface area contributed by atoms with Gasteiger partial charge in [-0.15, -0.1) is 0 Å². The number of carbonyl (C=O) groups is 2. The monoisotopic (exact) mass is 444 g/mol. The number of rotatable bonds is 9. The Bertz CT molecular complexity index is 930. The van der Waals surface area contributed by atoms with Crippen molar-refractivity contribution in [2.45, 2.75) is 19.8 Å². The van der Waals surface area contributed by atoms with Crippen molar-refractivity contribution in [2.75, 3.05) is 50.7 Å². The maximum atomic E-state index is 13.6. The third kappa shape index (κ3) is 7.02. The molecule has 2 amide bonds. The molecular formula is C24H30F2N4O2. The number of aryl methyl sites for hydroxylation is 1. The molecule has 1 aliphatic rings. The zero-order chi connectivity index (χ0) is 22.9. The van der Waals surface area contributed by atoms with Crippen molar-refractivity contribution in [1.29, 1.82) is 0 Å². The van der Waals surface area contributed by atoms with Gasteiger partial charge < -0.3 is 15.5 Å². The number of carbonyl (C=O) groups excluding carboxylic acids is 2. The molecule has 1 saturated heterocycles. The molecule has 2 aromatic carbocycles. The average molecular weight is 445 g/mol. The molecule has 0 saturated carbocycles. The zero-order valence-electron chi connectivity index (χ0n) is 18.4. The van der Waals surface area contributed by atoms with Gasteiger partial charge in [0.2, 0.25) is 5.91 Å². The molecule has 0 aromatic heterocycles. The molecule has 0 unspecified atom stereocenters. The van der Waals surface area contributed by atoms with Crippen molar-refractivity contribution in [3.05, 3.63) is 65.2 Å². The normalized spacial score (nSPS) is 14.3. The van der Waals surface area contributed by atoms with Crippen LogP contribution in [0, 0.1) is 18.6 Å². The van der Waals surface area contributed by atoms with Crippen LogP contribution in [0.25, 0.3) is 0 Å². The summed E-state index contributed by atoms with van der Waals surface area (Å²) in [4.78, 5) is 28.6. The summed E-state index contributed by atoms with van der Waals surface area (Å²) in [5.74, 6) is -2.80. The van der Waals surface area contributed by atoms with Crippen molar-refractivity contribution >= 4 is 17.5 Å². The molecule has 1 aliphatic heterocycles. The van der Waals surface area contributed by atoms with E-state index in [0.717, 1.165) is 57.7 Å². The summed E-state index contributed by atoms with van der Waals surface area (Å²) in [5.41, 5.74) is 2.26. The Morgan fingerprint density at radius 3 is 2.47 bits per heavy atom. The maximum absolute atomic E-state index is 13.6. The van der Waals surface area contributed by atoms with Gasteiger partial charge >= 0.3 is 0 Å². The van der Waals surface area contributed by atoms with E-state index in [9.17, 15) is 18.4 Å². The van der Waals surface area contributed by atoms with Crippen molar-refractivity contribution in [3.8, 4) is 0 Å². The Kier molecular flexibility index (Phi) is 8.56. The second-order valence-electron chi connectivity index (χ2n) is 8.03. The summed E-state index contributed by atoms with van der Waals surface area (Å²) in [7, 11) is 0. The van der Waals surface area contributed by atoms with Crippen LogP contribution in [0.15, 0.2) is 42.5 Å². The third-order valence-electron chi connectivity index (χ3n) is 5.55. The number of hydrogen-bond donors (Lipinski definition) is 2. The number of benzene rings is 2. The van der Waals surface area contributed by atoms with Gasteiger partial charge in [0.15, 0.2) is 0 Å². The van der Waals surface area contributed by atoms with E-state index in [1.807, 2.05) is 0 Å². The number of anilines is 1. The summed E-state index contributed by atoms with van der Waals surface area (Å²) in [5, 5.41) is 5.10. The van der Waals surface area contributed by atoms with Crippen LogP contribution in [0.5, 0.6) is 0 Å². The van der Waals surface area contributed by atoms with Gasteiger partial charge in [-0.25, -0.2) is 8.78 Å². The van der Waals surface area contributed by atoms with Crippen molar-refractivity contribution in [3.63, 3.8) is 0 Å². The lowest BCUT2D eigenvalue weighted by Crippen LogP contribution is -2.46. The van der Waals surface area contributed by atoms with Crippen LogP contribution in [-0.4, -0.2) is 62.5 Å². The van der Waals surface area contributed by atoms with E-state index >= 15 is 0 Å². The quantitative estimate of drug-likeness (QED) is 0.584. The van der Waals surface area contributed by atoms with Crippen LogP contribution < -0.4 is 15.5 Å². The van der Waals surface area contributed by atoms with Gasteiger partial charge in [0.25, 0.3) is 5.91 Å². The first-order valence-corrected chi connectivity index (χ1v) is 11.0. The number of unbranched alkanes of at least 4 members (excludes halogenated alkanes) is 1. The van der Waals surface area contributed by atoms with Crippen LogP contribution in [0.4, 0.5) is 14.5 Å². The molecular weight excluding hydrogens is 414 g/mol. The van der Waals surface area contributed by atoms with Gasteiger partial charge in [-0.1, -0.05) is 12.1 Å². The molecule has 32 heavy (non-hydrogen) atoms. The Morgan fingerprint density at radius 2 is 1.75 bits per heavy atom. The Hall–Kier alpha value is -3.00. The first-order chi connectivity index (χ1) is 15.4. The number of amides is 2. The second-order valence-corrected chi connectivity index (χ2v) is 8.03. The number of hydrogen-bond acceptors (Lipinski definition) is 4. The average Bonchev–Trinajstić information content (AvgIpc) is 2.77. The van der Waals surface area contributed by atoms with Gasteiger partial charge in [-0.05, 0) is 56.1 Å². The first kappa shape index (κ1) is 23.7. The largest absolute Gasteiger partial charge is 0.369 e. The zero-order valence-corrected chi connectivity index (χ0v) is 18.4. The fraction of sp³-hybridized carbons (Fsp3) is 0.417. The van der Waals surface area contributed by atoms with Gasteiger partial charge in [-0.3, -0.25) is 14.5 Å². The summed E-state index contributed by atoms with van der Waals surface area (Å²) in [6.45, 7) is 7.41. The van der Waals surface area contributed by atoms with Crippen LogP contribution >= 0.6 is 0 Å². The smallest absolute Gasteiger partial charge is 0.254 e. The van der Waals surface area contributed by atoms with Crippen LogP contribution in [0.1, 0.15) is 28.8 Å². The highest BCUT2D eigenvalue weighted by Gasteiger charge is 2.17. The van der Waals surface area contributed by atoms with E-state index in [2.05, 4.69) is 51.6 Å². The fourth-order valence-electron chi connectivity index (χ4n) is 3.73. The predicted molar refractivity (Wildman–Crippen MR) is 121 cm³/mol. The fourth-order valence-corrected chi connectivity index (χ4v) is 3.73. The molecule has 2 N–H and O–H groups in total. The Labute approximate surface area is 187 Å². The lowest BCUT2D eigenvalue weighted by atomic mass is 10.2. The molecule has 0 aliphatic carbocycles. The van der Waals surface area contributed by atoms with E-state index in [4.69, 9.17) is 0 Å². The third-order valence-corrected chi connectivity index (χ3v) is 5.55. The Balaban J connectivity index is 1.26. The van der Waals surface area contributed by atoms with Crippen LogP contribution in [0.2, 0.25) is 0 Å². The topological polar surface area (TPSA) is 64.7 Å². The molecule has 1 heterocycles. The first-order valence-electron chi connectivity index (χ1n) is 11.0. The summed E-state index contributed by atoms with van der Waals surface area (Å²) in [6.07, 6.45) is 1.81. The molecule has 6 nitrogen and oxygen atoms in total. The Morgan fingerprint density at radius 1 is 0.969 bits per heavy atom. The molecule has 0 atom stereocenters. The number of piperazine rings is 1. The lowest BCUT2D eigenvalue weighted by Gasteiger charge is -2.36. The minimum absolute atomic E-state index is 0.253. The van der Waals surface area contributed by atoms with Crippen molar-refractivity contribution in [2.24, 2.45) is 0 Å². The highest BCUT2D eigenvalue weighted by atomic mass is 19.1. The standard InChI is InChI=1S/C24H30F2N4O2/c1-18-5-4-6-20(15-18)30-13-11-29(12-14-30)10-3-2-9-27-23(31)17-28-24(32)21-8-7-19(25)16-22(21)26/h4-8,15-16H,2-3,9-14,17H2,1H3,(H,27,31)(H,28,32). The van der Waals surface area contributed by atoms with E-state index in [1.54, 1.807) is 0 Å². The number of nitrogens with zero attached hydrogens (tertiary/aromatic N) is 2.